The number of ether oxygens (including phenoxy) is 1. The van der Waals surface area contributed by atoms with E-state index in [0.717, 1.165) is 37.7 Å². The van der Waals surface area contributed by atoms with Crippen molar-refractivity contribution < 1.29 is 19.4 Å². The van der Waals surface area contributed by atoms with Crippen LogP contribution in [0.3, 0.4) is 0 Å². The lowest BCUT2D eigenvalue weighted by atomic mass is 9.75. The molecule has 1 fully saturated rings. The van der Waals surface area contributed by atoms with Gasteiger partial charge in [0.1, 0.15) is 0 Å². The van der Waals surface area contributed by atoms with Crippen LogP contribution < -0.4 is 5.32 Å². The summed E-state index contributed by atoms with van der Waals surface area (Å²) in [4.78, 5) is 24.9. The Bertz CT molecular complexity index is 626. The second-order valence-electron chi connectivity index (χ2n) is 7.49. The van der Waals surface area contributed by atoms with Gasteiger partial charge < -0.3 is 15.2 Å². The van der Waals surface area contributed by atoms with E-state index in [4.69, 9.17) is 16.3 Å². The molecule has 0 radical (unpaired) electrons. The Kier molecular flexibility index (Phi) is 8.11. The molecule has 2 rings (SSSR count). The third-order valence-electron chi connectivity index (χ3n) is 5.69. The summed E-state index contributed by atoms with van der Waals surface area (Å²) in [6.45, 7) is 2.41. The van der Waals surface area contributed by atoms with E-state index in [1.54, 1.807) is 7.11 Å². The molecule has 1 aliphatic carbocycles. The van der Waals surface area contributed by atoms with Gasteiger partial charge in [0.15, 0.2) is 0 Å². The highest BCUT2D eigenvalue weighted by molar-refractivity contribution is 6.30. The quantitative estimate of drug-likeness (QED) is 0.607. The second kappa shape index (κ2) is 10.1. The van der Waals surface area contributed by atoms with Crippen LogP contribution in [0.1, 0.15) is 63.5 Å². The Morgan fingerprint density at radius 2 is 1.89 bits per heavy atom. The van der Waals surface area contributed by atoms with Gasteiger partial charge in [0.2, 0.25) is 5.91 Å². The topological polar surface area (TPSA) is 75.6 Å². The fourth-order valence-corrected chi connectivity index (χ4v) is 4.17. The van der Waals surface area contributed by atoms with Crippen LogP contribution in [-0.4, -0.2) is 30.7 Å². The number of carboxylic acids is 1. The minimum Gasteiger partial charge on any atom is -0.481 e. The maximum atomic E-state index is 13.2. The van der Waals surface area contributed by atoms with Gasteiger partial charge in [-0.3, -0.25) is 9.59 Å². The predicted molar refractivity (Wildman–Crippen MR) is 106 cm³/mol. The smallest absolute Gasteiger partial charge is 0.306 e. The van der Waals surface area contributed by atoms with Gasteiger partial charge in [0.05, 0.1) is 17.4 Å². The number of methoxy groups -OCH3 is 1. The average molecular weight is 396 g/mol. The summed E-state index contributed by atoms with van der Waals surface area (Å²) in [5, 5.41) is 13.4. The van der Waals surface area contributed by atoms with Crippen molar-refractivity contribution in [1.82, 2.24) is 5.32 Å². The predicted octanol–water partition coefficient (Wildman–Crippen LogP) is 4.60. The Hall–Kier alpha value is -1.59. The van der Waals surface area contributed by atoms with Crippen molar-refractivity contribution in [3.63, 3.8) is 0 Å². The number of carboxylic acid groups (broad SMARTS) is 1. The molecule has 0 aliphatic heterocycles. The van der Waals surface area contributed by atoms with Crippen LogP contribution in [0, 0.1) is 11.3 Å². The number of halogens is 1. The number of amides is 1. The third-order valence-corrected chi connectivity index (χ3v) is 5.94. The second-order valence-corrected chi connectivity index (χ2v) is 7.93. The van der Waals surface area contributed by atoms with Gasteiger partial charge in [-0.1, -0.05) is 43.5 Å². The summed E-state index contributed by atoms with van der Waals surface area (Å²) < 4.78 is 5.06. The highest BCUT2D eigenvalue weighted by atomic mass is 35.5. The molecule has 0 bridgehead atoms. The normalized spacial score (nSPS) is 18.0. The lowest BCUT2D eigenvalue weighted by molar-refractivity contribution is -0.145. The number of carbonyl (C=O) groups is 2. The highest BCUT2D eigenvalue weighted by Gasteiger charge is 2.44. The fraction of sp³-hybridized carbons (Fsp3) is 0.619. The molecule has 1 aromatic rings. The lowest BCUT2D eigenvalue weighted by Crippen LogP contribution is -2.43. The van der Waals surface area contributed by atoms with Gasteiger partial charge in [-0.25, -0.2) is 0 Å². The Balaban J connectivity index is 2.14. The lowest BCUT2D eigenvalue weighted by Gasteiger charge is -2.32. The van der Waals surface area contributed by atoms with E-state index in [1.807, 2.05) is 31.2 Å². The van der Waals surface area contributed by atoms with Gasteiger partial charge in [-0.05, 0) is 49.8 Å². The minimum atomic E-state index is -0.851. The summed E-state index contributed by atoms with van der Waals surface area (Å²) in [6.07, 6.45) is 4.96. The van der Waals surface area contributed by atoms with Crippen molar-refractivity contribution in [2.24, 2.45) is 11.3 Å². The molecule has 0 heterocycles. The first-order valence-electron chi connectivity index (χ1n) is 9.70. The molecule has 2 N–H and O–H groups in total. The summed E-state index contributed by atoms with van der Waals surface area (Å²) in [6, 6.07) is 7.40. The maximum absolute atomic E-state index is 13.2. The van der Waals surface area contributed by atoms with Gasteiger partial charge in [-0.15, -0.1) is 0 Å². The highest BCUT2D eigenvalue weighted by Crippen LogP contribution is 2.44. The molecular formula is C21H30ClNO4. The minimum absolute atomic E-state index is 0.0227. The number of benzene rings is 1. The molecule has 0 saturated heterocycles. The molecule has 1 amide bonds. The monoisotopic (exact) mass is 395 g/mol. The van der Waals surface area contributed by atoms with E-state index in [9.17, 15) is 14.7 Å². The zero-order valence-corrected chi connectivity index (χ0v) is 16.9. The first-order valence-corrected chi connectivity index (χ1v) is 10.1. The standard InChI is InChI=1S/C21H30ClNO4/c1-3-18(15-6-8-17(22)9-7-15)23-20(26)21(11-4-5-12-21)14-16(19(24)25)10-13-27-2/h6-9,16,18H,3-5,10-14H2,1-2H3,(H,23,26)(H,24,25)/t16-,18+/m1/s1. The average Bonchev–Trinajstić information content (AvgIpc) is 3.13. The van der Waals surface area contributed by atoms with Crippen molar-refractivity contribution >= 4 is 23.5 Å². The van der Waals surface area contributed by atoms with E-state index >= 15 is 0 Å². The molecule has 0 spiro atoms. The van der Waals surface area contributed by atoms with E-state index in [1.165, 1.54) is 0 Å². The van der Waals surface area contributed by atoms with E-state index in [0.29, 0.717) is 24.5 Å². The van der Waals surface area contributed by atoms with E-state index in [2.05, 4.69) is 5.32 Å². The Morgan fingerprint density at radius 1 is 1.26 bits per heavy atom. The SMILES string of the molecule is CC[C@H](NC(=O)C1(C[C@@H](CCOC)C(=O)O)CCCC1)c1ccc(Cl)cc1. The van der Waals surface area contributed by atoms with Crippen LogP contribution >= 0.6 is 11.6 Å². The molecule has 1 saturated carbocycles. The van der Waals surface area contributed by atoms with Gasteiger partial charge in [0.25, 0.3) is 0 Å². The summed E-state index contributed by atoms with van der Waals surface area (Å²) >= 11 is 5.97. The fourth-order valence-electron chi connectivity index (χ4n) is 4.05. The molecule has 0 aromatic heterocycles. The van der Waals surface area contributed by atoms with Crippen LogP contribution in [-0.2, 0) is 14.3 Å². The molecule has 150 valence electrons. The zero-order chi connectivity index (χ0) is 19.9. The number of rotatable bonds is 10. The number of aliphatic carboxylic acids is 1. The summed E-state index contributed by atoms with van der Waals surface area (Å²) in [7, 11) is 1.56. The van der Waals surface area contributed by atoms with Crippen molar-refractivity contribution in [3.8, 4) is 0 Å². The van der Waals surface area contributed by atoms with Crippen LogP contribution in [0.15, 0.2) is 24.3 Å². The van der Waals surface area contributed by atoms with Crippen LogP contribution in [0.4, 0.5) is 0 Å². The molecule has 27 heavy (non-hydrogen) atoms. The first kappa shape index (κ1) is 21.7. The summed E-state index contributed by atoms with van der Waals surface area (Å²) in [5.74, 6) is -1.44. The number of carbonyl (C=O) groups excluding carboxylic acids is 1. The maximum Gasteiger partial charge on any atom is 0.306 e. The van der Waals surface area contributed by atoms with E-state index in [-0.39, 0.29) is 11.9 Å². The van der Waals surface area contributed by atoms with Gasteiger partial charge in [0, 0.05) is 18.7 Å². The molecule has 1 aromatic carbocycles. The zero-order valence-electron chi connectivity index (χ0n) is 16.2. The largest absolute Gasteiger partial charge is 0.481 e. The number of nitrogens with one attached hydrogen (secondary N) is 1. The molecule has 2 atom stereocenters. The first-order chi connectivity index (χ1) is 12.9. The van der Waals surface area contributed by atoms with Gasteiger partial charge in [-0.2, -0.15) is 0 Å². The molecule has 1 aliphatic rings. The van der Waals surface area contributed by atoms with Crippen LogP contribution in [0.2, 0.25) is 5.02 Å². The van der Waals surface area contributed by atoms with Crippen molar-refractivity contribution in [1.29, 1.82) is 0 Å². The third kappa shape index (κ3) is 5.69. The molecule has 6 heteroatoms. The molecule has 0 unspecified atom stereocenters. The summed E-state index contributed by atoms with van der Waals surface area (Å²) in [5.41, 5.74) is 0.411. The van der Waals surface area contributed by atoms with Gasteiger partial charge >= 0.3 is 5.97 Å². The number of hydrogen-bond donors (Lipinski definition) is 2. The van der Waals surface area contributed by atoms with Crippen LogP contribution in [0.5, 0.6) is 0 Å². The Morgan fingerprint density at radius 3 is 2.41 bits per heavy atom. The Labute approximate surface area is 166 Å². The number of hydrogen-bond acceptors (Lipinski definition) is 3. The molecular weight excluding hydrogens is 366 g/mol. The van der Waals surface area contributed by atoms with Crippen molar-refractivity contribution in [3.05, 3.63) is 34.9 Å². The van der Waals surface area contributed by atoms with Crippen molar-refractivity contribution in [2.45, 2.75) is 57.9 Å². The van der Waals surface area contributed by atoms with Crippen molar-refractivity contribution in [2.75, 3.05) is 13.7 Å². The van der Waals surface area contributed by atoms with E-state index < -0.39 is 17.3 Å². The van der Waals surface area contributed by atoms with Crippen LogP contribution in [0.25, 0.3) is 0 Å². The molecule has 5 nitrogen and oxygen atoms in total.